The maximum Gasteiger partial charge on any atom is 0.251 e. The SMILES string of the molecule is CNc1cc(Oc2ccnc(-c3ccc(C(=O)N[C@@H]4CN[C@@H]4C)c(C)c3)c2)ccc1C(C)=N. The Morgan fingerprint density at radius 3 is 2.52 bits per heavy atom. The van der Waals surface area contributed by atoms with E-state index in [4.69, 9.17) is 10.1 Å². The van der Waals surface area contributed by atoms with Gasteiger partial charge in [0.05, 0.1) is 11.7 Å². The summed E-state index contributed by atoms with van der Waals surface area (Å²) in [4.78, 5) is 17.1. The van der Waals surface area contributed by atoms with Crippen LogP contribution in [0.1, 0.15) is 35.3 Å². The van der Waals surface area contributed by atoms with E-state index in [1.807, 2.05) is 56.4 Å². The summed E-state index contributed by atoms with van der Waals surface area (Å²) >= 11 is 0. The lowest BCUT2D eigenvalue weighted by Crippen LogP contribution is -2.63. The normalized spacial score (nSPS) is 17.1. The molecule has 0 saturated carbocycles. The summed E-state index contributed by atoms with van der Waals surface area (Å²) in [5.41, 5.74) is 5.41. The number of hydrogen-bond donors (Lipinski definition) is 4. The van der Waals surface area contributed by atoms with Crippen molar-refractivity contribution in [2.75, 3.05) is 18.9 Å². The minimum atomic E-state index is -0.0496. The van der Waals surface area contributed by atoms with E-state index in [2.05, 4.69) is 27.9 Å². The number of ether oxygens (including phenoxy) is 1. The monoisotopic (exact) mass is 443 g/mol. The van der Waals surface area contributed by atoms with Gasteiger partial charge in [0.2, 0.25) is 0 Å². The van der Waals surface area contributed by atoms with Crippen LogP contribution in [0.5, 0.6) is 11.5 Å². The molecule has 1 aliphatic rings. The number of carbonyl (C=O) groups excluding carboxylic acids is 1. The fourth-order valence-electron chi connectivity index (χ4n) is 3.86. The van der Waals surface area contributed by atoms with Gasteiger partial charge in [-0.15, -0.1) is 0 Å². The molecule has 1 aromatic heterocycles. The zero-order valence-electron chi connectivity index (χ0n) is 19.3. The Morgan fingerprint density at radius 1 is 1.12 bits per heavy atom. The fraction of sp³-hybridized carbons (Fsp3) is 0.269. The minimum absolute atomic E-state index is 0.0496. The third-order valence-electron chi connectivity index (χ3n) is 5.98. The maximum absolute atomic E-state index is 12.6. The van der Waals surface area contributed by atoms with Crippen LogP contribution in [0.4, 0.5) is 5.69 Å². The molecule has 0 spiro atoms. The van der Waals surface area contributed by atoms with Crippen LogP contribution in [0, 0.1) is 12.3 Å². The average Bonchev–Trinajstić information content (AvgIpc) is 2.81. The van der Waals surface area contributed by atoms with Crippen LogP contribution in [-0.4, -0.2) is 42.3 Å². The van der Waals surface area contributed by atoms with Gasteiger partial charge in [-0.1, -0.05) is 6.07 Å². The lowest BCUT2D eigenvalue weighted by Gasteiger charge is -2.36. The molecule has 1 saturated heterocycles. The molecule has 7 heteroatoms. The zero-order valence-corrected chi connectivity index (χ0v) is 19.3. The van der Waals surface area contributed by atoms with E-state index < -0.39 is 0 Å². The maximum atomic E-state index is 12.6. The van der Waals surface area contributed by atoms with Crippen LogP contribution in [0.25, 0.3) is 11.3 Å². The highest BCUT2D eigenvalue weighted by Crippen LogP contribution is 2.29. The van der Waals surface area contributed by atoms with Crippen LogP contribution >= 0.6 is 0 Å². The first-order chi connectivity index (χ1) is 15.9. The second kappa shape index (κ2) is 9.42. The van der Waals surface area contributed by atoms with Gasteiger partial charge in [0.15, 0.2) is 0 Å². The number of aromatic nitrogens is 1. The van der Waals surface area contributed by atoms with Crippen molar-refractivity contribution in [2.24, 2.45) is 0 Å². The van der Waals surface area contributed by atoms with Crippen molar-refractivity contribution in [3.63, 3.8) is 0 Å². The molecule has 0 aliphatic carbocycles. The topological polar surface area (TPSA) is 99.1 Å². The molecule has 2 aromatic carbocycles. The molecule has 0 unspecified atom stereocenters. The summed E-state index contributed by atoms with van der Waals surface area (Å²) in [6, 6.07) is 15.5. The van der Waals surface area contributed by atoms with Crippen molar-refractivity contribution in [1.29, 1.82) is 5.41 Å². The van der Waals surface area contributed by atoms with Gasteiger partial charge in [-0.25, -0.2) is 0 Å². The van der Waals surface area contributed by atoms with Gasteiger partial charge in [-0.05, 0) is 56.7 Å². The summed E-state index contributed by atoms with van der Waals surface area (Å²) < 4.78 is 6.06. The molecule has 7 nitrogen and oxygen atoms in total. The first-order valence-corrected chi connectivity index (χ1v) is 11.0. The zero-order chi connectivity index (χ0) is 23.5. The van der Waals surface area contributed by atoms with Gasteiger partial charge < -0.3 is 26.1 Å². The summed E-state index contributed by atoms with van der Waals surface area (Å²) in [5, 5.41) is 17.3. The van der Waals surface area contributed by atoms with Crippen molar-refractivity contribution < 1.29 is 9.53 Å². The quantitative estimate of drug-likeness (QED) is 0.407. The second-order valence-electron chi connectivity index (χ2n) is 8.37. The second-order valence-corrected chi connectivity index (χ2v) is 8.37. The van der Waals surface area contributed by atoms with Crippen molar-refractivity contribution in [1.82, 2.24) is 15.6 Å². The van der Waals surface area contributed by atoms with Crippen molar-refractivity contribution >= 4 is 17.3 Å². The molecule has 0 bridgehead atoms. The molecule has 1 amide bonds. The van der Waals surface area contributed by atoms with E-state index in [1.54, 1.807) is 19.2 Å². The van der Waals surface area contributed by atoms with Gasteiger partial charge in [-0.3, -0.25) is 9.78 Å². The fourth-order valence-corrected chi connectivity index (χ4v) is 3.86. The van der Waals surface area contributed by atoms with Crippen LogP contribution < -0.4 is 20.7 Å². The van der Waals surface area contributed by atoms with Crippen LogP contribution in [0.2, 0.25) is 0 Å². The third-order valence-corrected chi connectivity index (χ3v) is 5.98. The summed E-state index contributed by atoms with van der Waals surface area (Å²) in [6.07, 6.45) is 1.71. The Hall–Kier alpha value is -3.71. The molecule has 33 heavy (non-hydrogen) atoms. The summed E-state index contributed by atoms with van der Waals surface area (Å²) in [7, 11) is 1.83. The number of anilines is 1. The minimum Gasteiger partial charge on any atom is -0.457 e. The highest BCUT2D eigenvalue weighted by Gasteiger charge is 2.28. The van der Waals surface area contributed by atoms with Gasteiger partial charge in [0, 0.05) is 66.1 Å². The first kappa shape index (κ1) is 22.5. The van der Waals surface area contributed by atoms with Crippen LogP contribution in [0.3, 0.4) is 0 Å². The Kier molecular flexibility index (Phi) is 6.42. The van der Waals surface area contributed by atoms with Crippen molar-refractivity contribution in [2.45, 2.75) is 32.9 Å². The Bertz CT molecular complexity index is 1210. The largest absolute Gasteiger partial charge is 0.457 e. The lowest BCUT2D eigenvalue weighted by molar-refractivity contribution is 0.0905. The van der Waals surface area contributed by atoms with Crippen LogP contribution in [0.15, 0.2) is 54.7 Å². The molecular weight excluding hydrogens is 414 g/mol. The number of carbonyl (C=O) groups is 1. The molecule has 3 aromatic rings. The Labute approximate surface area is 194 Å². The molecule has 2 heterocycles. The lowest BCUT2D eigenvalue weighted by atomic mass is 9.99. The molecular formula is C26H29N5O2. The van der Waals surface area contributed by atoms with E-state index in [0.717, 1.165) is 34.6 Å². The standard InChI is InChI=1S/C26H29N5O2/c1-15-11-18(5-7-21(15)26(32)31-25-14-30-17(25)3)23-12-20(9-10-29-23)33-19-6-8-22(16(2)27)24(13-19)28-4/h5-13,17,25,27-28,30H,14H2,1-4H3,(H,31,32)/t17-,25-/m1/s1. The summed E-state index contributed by atoms with van der Waals surface area (Å²) in [5.74, 6) is 1.28. The number of aryl methyl sites for hydroxylation is 1. The van der Waals surface area contributed by atoms with Crippen LogP contribution in [-0.2, 0) is 0 Å². The molecule has 4 N–H and O–H groups in total. The van der Waals surface area contributed by atoms with Gasteiger partial charge in [-0.2, -0.15) is 0 Å². The predicted octanol–water partition coefficient (Wildman–Crippen LogP) is 4.37. The highest BCUT2D eigenvalue weighted by atomic mass is 16.5. The number of amides is 1. The molecule has 170 valence electrons. The number of nitrogens with one attached hydrogen (secondary N) is 4. The first-order valence-electron chi connectivity index (χ1n) is 11.0. The Morgan fingerprint density at radius 2 is 1.88 bits per heavy atom. The smallest absolute Gasteiger partial charge is 0.251 e. The van der Waals surface area contributed by atoms with Crippen molar-refractivity contribution in [3.8, 4) is 22.8 Å². The number of hydrogen-bond acceptors (Lipinski definition) is 6. The Balaban J connectivity index is 1.52. The molecule has 1 aliphatic heterocycles. The van der Waals surface area contributed by atoms with Gasteiger partial charge in [0.25, 0.3) is 5.91 Å². The van der Waals surface area contributed by atoms with Gasteiger partial charge >= 0.3 is 0 Å². The summed E-state index contributed by atoms with van der Waals surface area (Å²) in [6.45, 7) is 6.56. The molecule has 0 radical (unpaired) electrons. The molecule has 2 atom stereocenters. The predicted molar refractivity (Wildman–Crippen MR) is 132 cm³/mol. The third kappa shape index (κ3) is 4.88. The van der Waals surface area contributed by atoms with E-state index in [1.165, 1.54) is 0 Å². The van der Waals surface area contributed by atoms with E-state index in [-0.39, 0.29) is 11.9 Å². The molecule has 1 fully saturated rings. The number of benzene rings is 2. The average molecular weight is 444 g/mol. The van der Waals surface area contributed by atoms with Gasteiger partial charge in [0.1, 0.15) is 11.5 Å². The number of nitrogens with zero attached hydrogens (tertiary/aromatic N) is 1. The highest BCUT2D eigenvalue weighted by molar-refractivity contribution is 6.01. The van der Waals surface area contributed by atoms with E-state index in [9.17, 15) is 4.79 Å². The van der Waals surface area contributed by atoms with E-state index >= 15 is 0 Å². The van der Waals surface area contributed by atoms with Crippen molar-refractivity contribution in [3.05, 3.63) is 71.4 Å². The molecule has 4 rings (SSSR count). The number of pyridine rings is 1. The number of rotatable bonds is 7. The van der Waals surface area contributed by atoms with E-state index in [0.29, 0.717) is 28.8 Å².